The Morgan fingerprint density at radius 3 is 1.92 bits per heavy atom. The average Bonchev–Trinajstić information content (AvgIpc) is 3.90. The average molecular weight is 832 g/mol. The molecule has 0 fully saturated rings. The predicted octanol–water partition coefficient (Wildman–Crippen LogP) is 8.27. The zero-order valence-corrected chi connectivity index (χ0v) is 35.0. The Morgan fingerprint density at radius 1 is 0.556 bits per heavy atom. The van der Waals surface area contributed by atoms with E-state index >= 15 is 0 Å². The van der Waals surface area contributed by atoms with Crippen LogP contribution < -0.4 is 25.5 Å². The first kappa shape index (κ1) is 34.7. The van der Waals surface area contributed by atoms with E-state index in [-0.39, 0.29) is 12.1 Å². The molecule has 12 rings (SSSR count). The molecule has 0 radical (unpaired) electrons. The lowest BCUT2D eigenvalue weighted by molar-refractivity contribution is 0.383. The van der Waals surface area contributed by atoms with Crippen molar-refractivity contribution < 1.29 is 7.48 Å². The number of hydrogen-bond donors (Lipinski definition) is 0. The molecule has 7 aromatic carbocycles. The number of fused-ring (bicyclic) bond motifs is 7. The van der Waals surface area contributed by atoms with Crippen LogP contribution in [0.3, 0.4) is 0 Å². The summed E-state index contributed by atoms with van der Waals surface area (Å²) in [7, 11) is -3.45. The van der Waals surface area contributed by atoms with Crippen LogP contribution in [-0.2, 0) is 18.2 Å². The molecule has 1 unspecified atom stereocenters. The van der Waals surface area contributed by atoms with Crippen molar-refractivity contribution in [3.8, 4) is 17.2 Å². The maximum Gasteiger partial charge on any atom is 0.220 e. The Labute approximate surface area is 367 Å². The SMILES string of the molecule is [2H]C([2H])(c1cnccn1)C1(Cc2cnccn2)c2ccccc2Oc2c1cccc2[Si](c1ccccc1)(c1ccccc1)c1cccc(-n2c3ccccc3n3c4ccccc4nc23)c1. The monoisotopic (exact) mass is 831 g/mol. The number of ether oxygens (including phenoxy) is 1. The molecule has 300 valence electrons. The van der Waals surface area contributed by atoms with E-state index in [1.165, 1.54) is 6.20 Å². The van der Waals surface area contributed by atoms with Crippen LogP contribution in [0.4, 0.5) is 0 Å². The second-order valence-corrected chi connectivity index (χ2v) is 19.6. The van der Waals surface area contributed by atoms with Gasteiger partial charge in [-0.05, 0) is 63.2 Å². The predicted molar refractivity (Wildman–Crippen MR) is 252 cm³/mol. The summed E-state index contributed by atoms with van der Waals surface area (Å²) >= 11 is 0. The molecule has 8 nitrogen and oxygen atoms in total. The Kier molecular flexibility index (Phi) is 8.18. The third-order valence-electron chi connectivity index (χ3n) is 12.5. The fourth-order valence-electron chi connectivity index (χ4n) is 9.91. The first-order chi connectivity index (χ1) is 32.0. The van der Waals surface area contributed by atoms with Crippen LogP contribution in [0.25, 0.3) is 33.5 Å². The van der Waals surface area contributed by atoms with E-state index in [1.54, 1.807) is 31.0 Å². The fourth-order valence-corrected chi connectivity index (χ4v) is 14.8. The van der Waals surface area contributed by atoms with Crippen LogP contribution in [0.15, 0.2) is 213 Å². The van der Waals surface area contributed by atoms with Crippen molar-refractivity contribution in [3.63, 3.8) is 0 Å². The van der Waals surface area contributed by atoms with Crippen molar-refractivity contribution in [3.05, 3.63) is 236 Å². The van der Waals surface area contributed by atoms with Gasteiger partial charge in [0.05, 0.1) is 33.5 Å². The molecule has 1 aliphatic heterocycles. The number of nitrogens with zero attached hydrogens (tertiary/aromatic N) is 7. The van der Waals surface area contributed by atoms with E-state index in [4.69, 9.17) is 14.7 Å². The van der Waals surface area contributed by atoms with Crippen LogP contribution in [0, 0.1) is 0 Å². The van der Waals surface area contributed by atoms with Crippen LogP contribution >= 0.6 is 0 Å². The number of aromatic nitrogens is 7. The van der Waals surface area contributed by atoms with E-state index in [9.17, 15) is 2.74 Å². The molecular formula is C54H39N7OSi. The number of rotatable bonds is 9. The molecular weight excluding hydrogens is 791 g/mol. The first-order valence-electron chi connectivity index (χ1n) is 22.0. The van der Waals surface area contributed by atoms with Crippen molar-refractivity contribution >= 4 is 56.7 Å². The molecule has 0 N–H and O–H groups in total. The first-order valence-corrected chi connectivity index (χ1v) is 23.0. The molecule has 63 heavy (non-hydrogen) atoms. The number of imidazole rings is 2. The minimum Gasteiger partial charge on any atom is -0.457 e. The van der Waals surface area contributed by atoms with E-state index in [2.05, 4.69) is 163 Å². The van der Waals surface area contributed by atoms with Gasteiger partial charge in [-0.3, -0.25) is 28.9 Å². The van der Waals surface area contributed by atoms with Gasteiger partial charge in [-0.1, -0.05) is 133 Å². The molecule has 0 aliphatic carbocycles. The number of para-hydroxylation sites is 6. The molecule has 1 atom stereocenters. The highest BCUT2D eigenvalue weighted by Gasteiger charge is 2.49. The van der Waals surface area contributed by atoms with Gasteiger partial charge in [-0.25, -0.2) is 4.98 Å². The molecule has 0 saturated heterocycles. The van der Waals surface area contributed by atoms with Crippen molar-refractivity contribution in [1.29, 1.82) is 0 Å². The lowest BCUT2D eigenvalue weighted by Gasteiger charge is -2.43. The molecule has 9 heteroatoms. The Morgan fingerprint density at radius 2 is 1.17 bits per heavy atom. The Bertz CT molecular complexity index is 3510. The zero-order valence-electron chi connectivity index (χ0n) is 36.0. The quantitative estimate of drug-likeness (QED) is 0.108. The lowest BCUT2D eigenvalue weighted by atomic mass is 9.66. The third-order valence-corrected chi connectivity index (χ3v) is 17.2. The van der Waals surface area contributed by atoms with Gasteiger partial charge in [0.15, 0.2) is 8.07 Å². The molecule has 0 amide bonds. The summed E-state index contributed by atoms with van der Waals surface area (Å²) in [5, 5.41) is 4.38. The van der Waals surface area contributed by atoms with Crippen LogP contribution in [0.1, 0.15) is 25.3 Å². The van der Waals surface area contributed by atoms with Crippen LogP contribution in [0.5, 0.6) is 11.5 Å². The van der Waals surface area contributed by atoms with Gasteiger partial charge < -0.3 is 4.74 Å². The Balaban J connectivity index is 1.19. The van der Waals surface area contributed by atoms with E-state index in [1.807, 2.05) is 36.4 Å². The van der Waals surface area contributed by atoms with Crippen molar-refractivity contribution in [2.75, 3.05) is 0 Å². The van der Waals surface area contributed by atoms with Gasteiger partial charge in [-0.2, -0.15) is 0 Å². The lowest BCUT2D eigenvalue weighted by Crippen LogP contribution is -2.75. The highest BCUT2D eigenvalue weighted by Crippen LogP contribution is 2.51. The summed E-state index contributed by atoms with van der Waals surface area (Å²) in [4.78, 5) is 23.5. The zero-order chi connectivity index (χ0) is 43.6. The summed E-state index contributed by atoms with van der Waals surface area (Å²) < 4.78 is 32.6. The normalized spacial score (nSPS) is 15.4. The van der Waals surface area contributed by atoms with Crippen molar-refractivity contribution in [2.24, 2.45) is 0 Å². The summed E-state index contributed by atoms with van der Waals surface area (Å²) in [6.45, 7) is 0. The molecule has 11 aromatic rings. The summed E-state index contributed by atoms with van der Waals surface area (Å²) in [6.07, 6.45) is 7.71. The van der Waals surface area contributed by atoms with E-state index < -0.39 is 19.9 Å². The van der Waals surface area contributed by atoms with Gasteiger partial charge in [0, 0.05) is 74.9 Å². The highest BCUT2D eigenvalue weighted by atomic mass is 28.3. The van der Waals surface area contributed by atoms with E-state index in [0.29, 0.717) is 28.3 Å². The molecule has 1 aliphatic rings. The maximum atomic E-state index is 10.4. The van der Waals surface area contributed by atoms with Gasteiger partial charge in [0.2, 0.25) is 5.78 Å². The molecule has 4 aromatic heterocycles. The minimum atomic E-state index is -3.45. The largest absolute Gasteiger partial charge is 0.457 e. The third kappa shape index (κ3) is 5.77. The number of benzene rings is 7. The topological polar surface area (TPSA) is 83.0 Å². The number of hydrogen-bond acceptors (Lipinski definition) is 6. The van der Waals surface area contributed by atoms with Gasteiger partial charge >= 0.3 is 0 Å². The molecule has 0 spiro atoms. The smallest absolute Gasteiger partial charge is 0.220 e. The standard InChI is InChI=1S/C54H39N7OSi/c1-3-16-41(17-4-1)63(42-18-5-2-6-19-42,43-20-13-15-40(33-43)60-48-25-10-11-26-49(48)61-47-24-9-8-23-46(47)59-53(60)61)51-28-14-22-45-52(51)62-50-27-12-7-21-44(50)54(45,34-38-36-55-29-31-57-38)35-39-37-56-30-32-58-39/h1-33,36-37H,34-35H2/i34D2. The summed E-state index contributed by atoms with van der Waals surface area (Å²) in [6, 6.07) is 61.2. The van der Waals surface area contributed by atoms with Crippen molar-refractivity contribution in [1.82, 2.24) is 33.9 Å². The fraction of sp³-hybridized carbons (Fsp3) is 0.0556. The van der Waals surface area contributed by atoms with Crippen LogP contribution in [0.2, 0.25) is 0 Å². The molecule has 0 bridgehead atoms. The summed E-state index contributed by atoms with van der Waals surface area (Å²) in [5.74, 6) is 2.00. The van der Waals surface area contributed by atoms with Crippen LogP contribution in [-0.4, -0.2) is 42.0 Å². The van der Waals surface area contributed by atoms with Gasteiger partial charge in [-0.15, -0.1) is 0 Å². The second kappa shape index (κ2) is 14.9. The van der Waals surface area contributed by atoms with Gasteiger partial charge in [0.25, 0.3) is 0 Å². The molecule has 5 heterocycles. The maximum absolute atomic E-state index is 10.4. The summed E-state index contributed by atoms with van der Waals surface area (Å²) in [5.41, 5.74) is 5.86. The minimum absolute atomic E-state index is 0.164. The van der Waals surface area contributed by atoms with Crippen molar-refractivity contribution in [2.45, 2.75) is 18.2 Å². The molecule has 0 saturated carbocycles. The Hall–Kier alpha value is -8.01. The van der Waals surface area contributed by atoms with E-state index in [0.717, 1.165) is 54.3 Å². The van der Waals surface area contributed by atoms with Gasteiger partial charge in [0.1, 0.15) is 11.5 Å². The second-order valence-electron chi connectivity index (χ2n) is 15.9. The highest BCUT2D eigenvalue weighted by molar-refractivity contribution is 7.20.